The minimum atomic E-state index is -0.116. The number of hydrogen-bond donors (Lipinski definition) is 2. The van der Waals surface area contributed by atoms with E-state index in [0.717, 1.165) is 24.2 Å². The van der Waals surface area contributed by atoms with Crippen LogP contribution in [0.15, 0.2) is 24.3 Å². The lowest BCUT2D eigenvalue weighted by Gasteiger charge is -2.21. The summed E-state index contributed by atoms with van der Waals surface area (Å²) in [5.74, 6) is 0.624. The van der Waals surface area contributed by atoms with E-state index >= 15 is 0 Å². The summed E-state index contributed by atoms with van der Waals surface area (Å²) in [6, 6.07) is 7.62. The summed E-state index contributed by atoms with van der Waals surface area (Å²) in [5.41, 5.74) is 0.938. The molecule has 0 aliphatic rings. The second-order valence-corrected chi connectivity index (χ2v) is 5.83. The van der Waals surface area contributed by atoms with Gasteiger partial charge >= 0.3 is 0 Å². The van der Waals surface area contributed by atoms with E-state index in [9.17, 15) is 4.79 Å². The van der Waals surface area contributed by atoms with Gasteiger partial charge in [-0.25, -0.2) is 0 Å². The molecule has 0 radical (unpaired) electrons. The Labute approximate surface area is 121 Å². The van der Waals surface area contributed by atoms with Gasteiger partial charge in [-0.2, -0.15) is 0 Å². The third-order valence-corrected chi connectivity index (χ3v) is 3.23. The maximum Gasteiger partial charge on any atom is 0.257 e. The first-order chi connectivity index (χ1) is 9.44. The molecule has 1 aromatic rings. The first kappa shape index (κ1) is 16.5. The van der Waals surface area contributed by atoms with Crippen LogP contribution in [-0.2, 0) is 4.79 Å². The monoisotopic (exact) mass is 279 g/mol. The average molecular weight is 279 g/mol. The number of benzene rings is 1. The van der Waals surface area contributed by atoms with Crippen molar-refractivity contribution >= 4 is 5.91 Å². The van der Waals surface area contributed by atoms with E-state index in [1.54, 1.807) is 0 Å². The smallest absolute Gasteiger partial charge is 0.257 e. The van der Waals surface area contributed by atoms with Crippen LogP contribution >= 0.6 is 0 Å². The number of ether oxygens (including phenoxy) is 1. The lowest BCUT2D eigenvalue weighted by atomic mass is 9.89. The van der Waals surface area contributed by atoms with Gasteiger partial charge in [0.05, 0.1) is 0 Å². The highest BCUT2D eigenvalue weighted by molar-refractivity contribution is 5.77. The topological polar surface area (TPSA) is 58.6 Å². The Morgan fingerprint density at radius 1 is 1.35 bits per heavy atom. The van der Waals surface area contributed by atoms with Gasteiger partial charge in [-0.05, 0) is 36.8 Å². The minimum Gasteiger partial charge on any atom is -0.484 e. The average Bonchev–Trinajstić information content (AvgIpc) is 2.43. The lowest BCUT2D eigenvalue weighted by molar-refractivity contribution is -0.123. The van der Waals surface area contributed by atoms with Gasteiger partial charge in [0.1, 0.15) is 5.75 Å². The van der Waals surface area contributed by atoms with Gasteiger partial charge in [-0.3, -0.25) is 4.79 Å². The van der Waals surface area contributed by atoms with E-state index in [2.05, 4.69) is 5.32 Å². The molecule has 0 spiro atoms. The molecule has 1 aromatic carbocycles. The summed E-state index contributed by atoms with van der Waals surface area (Å²) in [6.07, 6.45) is 1.73. The Balaban J connectivity index is 2.20. The van der Waals surface area contributed by atoms with Crippen molar-refractivity contribution in [2.75, 3.05) is 19.8 Å². The molecule has 0 aromatic heterocycles. The third kappa shape index (κ3) is 6.06. The van der Waals surface area contributed by atoms with Gasteiger partial charge in [0.15, 0.2) is 6.61 Å². The van der Waals surface area contributed by atoms with Gasteiger partial charge in [0, 0.05) is 13.2 Å². The van der Waals surface area contributed by atoms with Gasteiger partial charge in [-0.1, -0.05) is 32.0 Å². The Bertz CT molecular complexity index is 429. The molecule has 20 heavy (non-hydrogen) atoms. The van der Waals surface area contributed by atoms with Crippen LogP contribution in [0.5, 0.6) is 5.75 Å². The SMILES string of the molecule is Cc1ccccc1OCC(=O)NCCCC(C)(C)CO. The molecule has 0 unspecified atom stereocenters. The molecular weight excluding hydrogens is 254 g/mol. The molecule has 0 aliphatic heterocycles. The third-order valence-electron chi connectivity index (χ3n) is 3.23. The summed E-state index contributed by atoms with van der Waals surface area (Å²) in [7, 11) is 0. The predicted molar refractivity (Wildman–Crippen MR) is 79.8 cm³/mol. The van der Waals surface area contributed by atoms with E-state index in [4.69, 9.17) is 9.84 Å². The maximum absolute atomic E-state index is 11.6. The largest absolute Gasteiger partial charge is 0.484 e. The molecule has 0 bridgehead atoms. The standard InChI is InChI=1S/C16H25NO3/c1-13-7-4-5-8-14(13)20-11-15(19)17-10-6-9-16(2,3)12-18/h4-5,7-8,18H,6,9-12H2,1-3H3,(H,17,19). The molecule has 0 fully saturated rings. The number of hydrogen-bond acceptors (Lipinski definition) is 3. The van der Waals surface area contributed by atoms with E-state index in [0.29, 0.717) is 6.54 Å². The van der Waals surface area contributed by atoms with E-state index in [-0.39, 0.29) is 24.5 Å². The number of amides is 1. The van der Waals surface area contributed by atoms with E-state index in [1.165, 1.54) is 0 Å². The first-order valence-corrected chi connectivity index (χ1v) is 7.00. The van der Waals surface area contributed by atoms with Crippen molar-refractivity contribution in [3.63, 3.8) is 0 Å². The highest BCUT2D eigenvalue weighted by atomic mass is 16.5. The summed E-state index contributed by atoms with van der Waals surface area (Å²) in [5, 5.41) is 12.0. The van der Waals surface area contributed by atoms with Crippen LogP contribution in [0.25, 0.3) is 0 Å². The van der Waals surface area contributed by atoms with Crippen molar-refractivity contribution < 1.29 is 14.6 Å². The fraction of sp³-hybridized carbons (Fsp3) is 0.562. The van der Waals surface area contributed by atoms with Crippen molar-refractivity contribution in [2.24, 2.45) is 5.41 Å². The highest BCUT2D eigenvalue weighted by Gasteiger charge is 2.15. The van der Waals surface area contributed by atoms with E-state index < -0.39 is 0 Å². The summed E-state index contributed by atoms with van der Waals surface area (Å²) < 4.78 is 5.47. The highest BCUT2D eigenvalue weighted by Crippen LogP contribution is 2.20. The van der Waals surface area contributed by atoms with Gasteiger partial charge in [0.2, 0.25) is 0 Å². The molecule has 0 saturated heterocycles. The summed E-state index contributed by atoms with van der Waals surface area (Å²) >= 11 is 0. The fourth-order valence-electron chi connectivity index (χ4n) is 1.79. The summed E-state index contributed by atoms with van der Waals surface area (Å²) in [4.78, 5) is 11.6. The summed E-state index contributed by atoms with van der Waals surface area (Å²) in [6.45, 7) is 6.78. The molecular formula is C16H25NO3. The zero-order chi connectivity index (χ0) is 15.0. The molecule has 2 N–H and O–H groups in total. The number of carbonyl (C=O) groups is 1. The van der Waals surface area contributed by atoms with Crippen LogP contribution < -0.4 is 10.1 Å². The molecule has 1 rings (SSSR count). The Morgan fingerprint density at radius 2 is 2.05 bits per heavy atom. The molecule has 0 atom stereocenters. The van der Waals surface area contributed by atoms with Crippen LogP contribution in [0.3, 0.4) is 0 Å². The van der Waals surface area contributed by atoms with Crippen molar-refractivity contribution in [3.05, 3.63) is 29.8 Å². The normalized spacial score (nSPS) is 11.2. The van der Waals surface area contributed by atoms with Crippen molar-refractivity contribution in [2.45, 2.75) is 33.6 Å². The number of para-hydroxylation sites is 1. The fourth-order valence-corrected chi connectivity index (χ4v) is 1.79. The lowest BCUT2D eigenvalue weighted by Crippen LogP contribution is -2.30. The van der Waals surface area contributed by atoms with Crippen molar-refractivity contribution in [1.82, 2.24) is 5.32 Å². The Hall–Kier alpha value is -1.55. The number of rotatable bonds is 8. The van der Waals surface area contributed by atoms with Gasteiger partial charge in [0.25, 0.3) is 5.91 Å². The molecule has 112 valence electrons. The van der Waals surface area contributed by atoms with Crippen molar-refractivity contribution in [3.8, 4) is 5.75 Å². The van der Waals surface area contributed by atoms with Crippen LogP contribution in [0.2, 0.25) is 0 Å². The van der Waals surface area contributed by atoms with Crippen LogP contribution in [0.1, 0.15) is 32.3 Å². The van der Waals surface area contributed by atoms with Gasteiger partial charge < -0.3 is 15.2 Å². The Morgan fingerprint density at radius 3 is 2.70 bits per heavy atom. The van der Waals surface area contributed by atoms with Gasteiger partial charge in [-0.15, -0.1) is 0 Å². The molecule has 4 nitrogen and oxygen atoms in total. The zero-order valence-corrected chi connectivity index (χ0v) is 12.6. The zero-order valence-electron chi connectivity index (χ0n) is 12.6. The van der Waals surface area contributed by atoms with Crippen LogP contribution in [0, 0.1) is 12.3 Å². The molecule has 0 saturated carbocycles. The number of aliphatic hydroxyl groups is 1. The molecule has 4 heteroatoms. The Kier molecular flexibility index (Phi) is 6.52. The first-order valence-electron chi connectivity index (χ1n) is 7.00. The van der Waals surface area contributed by atoms with Crippen LogP contribution in [0.4, 0.5) is 0 Å². The second-order valence-electron chi connectivity index (χ2n) is 5.83. The van der Waals surface area contributed by atoms with Crippen LogP contribution in [-0.4, -0.2) is 30.8 Å². The number of carbonyl (C=O) groups excluding carboxylic acids is 1. The number of aliphatic hydroxyl groups excluding tert-OH is 1. The minimum absolute atomic E-state index is 0.0360. The molecule has 1 amide bonds. The van der Waals surface area contributed by atoms with Crippen molar-refractivity contribution in [1.29, 1.82) is 0 Å². The number of nitrogens with one attached hydrogen (secondary N) is 1. The predicted octanol–water partition coefficient (Wildman–Crippen LogP) is 2.29. The number of aryl methyl sites for hydroxylation is 1. The quantitative estimate of drug-likeness (QED) is 0.718. The molecule has 0 aliphatic carbocycles. The molecule has 0 heterocycles. The van der Waals surface area contributed by atoms with E-state index in [1.807, 2.05) is 45.0 Å². The second kappa shape index (κ2) is 7.90. The maximum atomic E-state index is 11.6.